The summed E-state index contributed by atoms with van der Waals surface area (Å²) in [5.41, 5.74) is 1.15. The largest absolute Gasteiger partial charge is 0.266 e. The van der Waals surface area contributed by atoms with Crippen LogP contribution in [-0.4, -0.2) is 5.71 Å². The smallest absolute Gasteiger partial charge is 0.0266 e. The van der Waals surface area contributed by atoms with Gasteiger partial charge in [0.25, 0.3) is 0 Å². The van der Waals surface area contributed by atoms with Gasteiger partial charge in [0.05, 0.1) is 0 Å². The number of aliphatic imine (C=N–C) groups is 1. The van der Waals surface area contributed by atoms with E-state index in [4.69, 9.17) is 0 Å². The van der Waals surface area contributed by atoms with Crippen LogP contribution in [-0.2, 0) is 0 Å². The standard InChI is InChI=1S/C8H13N/c1-4-6-7-9-8(3)5-2/h4,6-7H,1,5H2,2-3H3/b7-6-,9-8+. The summed E-state index contributed by atoms with van der Waals surface area (Å²) in [4.78, 5) is 4.10. The summed E-state index contributed by atoms with van der Waals surface area (Å²) in [5, 5.41) is 0. The van der Waals surface area contributed by atoms with Gasteiger partial charge in [-0.3, -0.25) is 4.99 Å². The summed E-state index contributed by atoms with van der Waals surface area (Å²) in [7, 11) is 0. The lowest BCUT2D eigenvalue weighted by atomic mass is 10.3. The van der Waals surface area contributed by atoms with Crippen LogP contribution in [0.2, 0.25) is 0 Å². The van der Waals surface area contributed by atoms with Gasteiger partial charge in [0, 0.05) is 11.9 Å². The molecule has 0 aliphatic carbocycles. The molecular weight excluding hydrogens is 110 g/mol. The van der Waals surface area contributed by atoms with Gasteiger partial charge in [-0.05, 0) is 19.4 Å². The van der Waals surface area contributed by atoms with Crippen LogP contribution in [0, 0.1) is 0 Å². The average molecular weight is 123 g/mol. The van der Waals surface area contributed by atoms with Crippen molar-refractivity contribution in [1.82, 2.24) is 0 Å². The molecule has 0 fully saturated rings. The van der Waals surface area contributed by atoms with E-state index in [0.717, 1.165) is 12.1 Å². The minimum atomic E-state index is 1.02. The summed E-state index contributed by atoms with van der Waals surface area (Å²) < 4.78 is 0. The molecule has 1 heteroatoms. The lowest BCUT2D eigenvalue weighted by Crippen LogP contribution is -1.83. The van der Waals surface area contributed by atoms with Gasteiger partial charge in [-0.2, -0.15) is 0 Å². The van der Waals surface area contributed by atoms with Crippen molar-refractivity contribution in [3.05, 3.63) is 24.9 Å². The molecule has 0 amide bonds. The zero-order valence-corrected chi connectivity index (χ0v) is 6.09. The zero-order chi connectivity index (χ0) is 7.11. The first-order valence-corrected chi connectivity index (χ1v) is 3.12. The maximum atomic E-state index is 4.10. The van der Waals surface area contributed by atoms with Crippen LogP contribution < -0.4 is 0 Å². The molecule has 9 heavy (non-hydrogen) atoms. The van der Waals surface area contributed by atoms with E-state index >= 15 is 0 Å². The summed E-state index contributed by atoms with van der Waals surface area (Å²) in [6, 6.07) is 0. The number of hydrogen-bond donors (Lipinski definition) is 0. The molecule has 0 spiro atoms. The zero-order valence-electron chi connectivity index (χ0n) is 6.09. The quantitative estimate of drug-likeness (QED) is 0.404. The molecule has 0 saturated heterocycles. The lowest BCUT2D eigenvalue weighted by Gasteiger charge is -1.86. The van der Waals surface area contributed by atoms with Gasteiger partial charge in [0.15, 0.2) is 0 Å². The molecule has 0 N–H and O–H groups in total. The average Bonchev–Trinajstić information content (AvgIpc) is 1.89. The monoisotopic (exact) mass is 123 g/mol. The molecule has 1 nitrogen and oxygen atoms in total. The Bertz CT molecular complexity index is 132. The molecule has 0 rings (SSSR count). The van der Waals surface area contributed by atoms with Crippen molar-refractivity contribution in [2.24, 2.45) is 4.99 Å². The molecular formula is C8H13N. The molecule has 0 saturated carbocycles. The van der Waals surface area contributed by atoms with E-state index in [1.165, 1.54) is 0 Å². The Balaban J connectivity index is 3.67. The second-order valence-corrected chi connectivity index (χ2v) is 1.80. The summed E-state index contributed by atoms with van der Waals surface area (Å²) in [5.74, 6) is 0. The molecule has 0 aromatic heterocycles. The van der Waals surface area contributed by atoms with Gasteiger partial charge in [0.1, 0.15) is 0 Å². The molecule has 0 heterocycles. The fourth-order valence-electron chi connectivity index (χ4n) is 0.322. The molecule has 0 aliphatic heterocycles. The van der Waals surface area contributed by atoms with E-state index < -0.39 is 0 Å². The van der Waals surface area contributed by atoms with Crippen molar-refractivity contribution in [1.29, 1.82) is 0 Å². The minimum absolute atomic E-state index is 1.02. The van der Waals surface area contributed by atoms with Gasteiger partial charge in [-0.25, -0.2) is 0 Å². The van der Waals surface area contributed by atoms with E-state index in [1.807, 2.05) is 13.0 Å². The summed E-state index contributed by atoms with van der Waals surface area (Å²) in [6.07, 6.45) is 6.30. The van der Waals surface area contributed by atoms with Crippen LogP contribution in [0.3, 0.4) is 0 Å². The molecule has 0 unspecified atom stereocenters. The third-order valence-electron chi connectivity index (χ3n) is 1.03. The van der Waals surface area contributed by atoms with E-state index in [-0.39, 0.29) is 0 Å². The van der Waals surface area contributed by atoms with Crippen LogP contribution in [0.5, 0.6) is 0 Å². The highest BCUT2D eigenvalue weighted by Gasteiger charge is 1.77. The molecule has 0 aliphatic rings. The Morgan fingerprint density at radius 1 is 1.67 bits per heavy atom. The molecule has 50 valence electrons. The first kappa shape index (κ1) is 8.15. The van der Waals surface area contributed by atoms with Crippen molar-refractivity contribution in [3.8, 4) is 0 Å². The molecule has 0 radical (unpaired) electrons. The predicted molar refractivity (Wildman–Crippen MR) is 42.7 cm³/mol. The normalized spacial score (nSPS) is 12.4. The van der Waals surface area contributed by atoms with Crippen LogP contribution >= 0.6 is 0 Å². The van der Waals surface area contributed by atoms with Crippen molar-refractivity contribution in [2.75, 3.05) is 0 Å². The van der Waals surface area contributed by atoms with Crippen molar-refractivity contribution < 1.29 is 0 Å². The first-order valence-electron chi connectivity index (χ1n) is 3.12. The maximum absolute atomic E-state index is 4.10. The molecule has 0 atom stereocenters. The van der Waals surface area contributed by atoms with Crippen LogP contribution in [0.4, 0.5) is 0 Å². The predicted octanol–water partition coefficient (Wildman–Crippen LogP) is 2.56. The van der Waals surface area contributed by atoms with E-state index in [1.54, 1.807) is 12.3 Å². The second-order valence-electron chi connectivity index (χ2n) is 1.80. The Morgan fingerprint density at radius 3 is 2.78 bits per heavy atom. The van der Waals surface area contributed by atoms with Gasteiger partial charge in [-0.15, -0.1) is 0 Å². The second kappa shape index (κ2) is 5.29. The van der Waals surface area contributed by atoms with E-state index in [0.29, 0.717) is 0 Å². The number of nitrogens with zero attached hydrogens (tertiary/aromatic N) is 1. The highest BCUT2D eigenvalue weighted by molar-refractivity contribution is 5.82. The molecule has 0 aromatic rings. The SMILES string of the molecule is C=C/C=C\N=C(/C)CC. The Labute approximate surface area is 56.8 Å². The lowest BCUT2D eigenvalue weighted by molar-refractivity contribution is 1.25. The number of rotatable bonds is 3. The first-order chi connectivity index (χ1) is 4.31. The van der Waals surface area contributed by atoms with Crippen molar-refractivity contribution >= 4 is 5.71 Å². The maximum Gasteiger partial charge on any atom is 0.0266 e. The van der Waals surface area contributed by atoms with Gasteiger partial charge >= 0.3 is 0 Å². The third-order valence-corrected chi connectivity index (χ3v) is 1.03. The molecule has 0 bridgehead atoms. The molecule has 0 aromatic carbocycles. The summed E-state index contributed by atoms with van der Waals surface area (Å²) >= 11 is 0. The van der Waals surface area contributed by atoms with Gasteiger partial charge < -0.3 is 0 Å². The Hall–Kier alpha value is -0.850. The van der Waals surface area contributed by atoms with Crippen molar-refractivity contribution in [3.63, 3.8) is 0 Å². The van der Waals surface area contributed by atoms with Crippen LogP contribution in [0.1, 0.15) is 20.3 Å². The highest BCUT2D eigenvalue weighted by Crippen LogP contribution is 1.85. The topological polar surface area (TPSA) is 12.4 Å². The fraction of sp³-hybridized carbons (Fsp3) is 0.375. The third kappa shape index (κ3) is 5.01. The Morgan fingerprint density at radius 2 is 2.33 bits per heavy atom. The van der Waals surface area contributed by atoms with Crippen LogP contribution in [0.25, 0.3) is 0 Å². The summed E-state index contributed by atoms with van der Waals surface area (Å²) in [6.45, 7) is 7.62. The van der Waals surface area contributed by atoms with Crippen LogP contribution in [0.15, 0.2) is 29.9 Å². The van der Waals surface area contributed by atoms with Crippen molar-refractivity contribution in [2.45, 2.75) is 20.3 Å². The van der Waals surface area contributed by atoms with Gasteiger partial charge in [-0.1, -0.05) is 19.6 Å². The minimum Gasteiger partial charge on any atom is -0.266 e. The van der Waals surface area contributed by atoms with Gasteiger partial charge in [0.2, 0.25) is 0 Å². The fourth-order valence-corrected chi connectivity index (χ4v) is 0.322. The Kier molecular flexibility index (Phi) is 4.79. The van der Waals surface area contributed by atoms with E-state index in [2.05, 4.69) is 18.5 Å². The highest BCUT2D eigenvalue weighted by atomic mass is 14.7. The number of allylic oxidation sites excluding steroid dienone is 2. The number of hydrogen-bond acceptors (Lipinski definition) is 1. The van der Waals surface area contributed by atoms with E-state index in [9.17, 15) is 0 Å².